The molecule has 11 atom stereocenters. The first-order valence-electron chi connectivity index (χ1n) is 11.5. The van der Waals surface area contributed by atoms with Crippen LogP contribution in [0.5, 0.6) is 0 Å². The van der Waals surface area contributed by atoms with Gasteiger partial charge in [-0.1, -0.05) is 19.4 Å². The topological polar surface area (TPSA) is 63.6 Å². The summed E-state index contributed by atoms with van der Waals surface area (Å²) < 4.78 is 6.19. The maximum atomic E-state index is 12.2. The maximum absolute atomic E-state index is 12.2. The summed E-state index contributed by atoms with van der Waals surface area (Å²) in [5.74, 6) is 4.33. The van der Waals surface area contributed by atoms with E-state index < -0.39 is 6.10 Å². The molecule has 10 unspecified atom stereocenters. The lowest BCUT2D eigenvalue weighted by molar-refractivity contribution is -0.181. The Morgan fingerprint density at radius 2 is 1.93 bits per heavy atom. The highest BCUT2D eigenvalue weighted by molar-refractivity contribution is 5.92. The summed E-state index contributed by atoms with van der Waals surface area (Å²) >= 11 is 0. The van der Waals surface area contributed by atoms with Crippen LogP contribution in [0.25, 0.3) is 0 Å². The molecule has 0 amide bonds. The van der Waals surface area contributed by atoms with Crippen molar-refractivity contribution in [2.24, 2.45) is 52.3 Å². The molecule has 0 bridgehead atoms. The molecule has 1 saturated heterocycles. The highest BCUT2D eigenvalue weighted by Gasteiger charge is 2.81. The molecule has 28 heavy (non-hydrogen) atoms. The van der Waals surface area contributed by atoms with Gasteiger partial charge in [0.05, 0.1) is 6.10 Å². The number of ketones is 1. The number of esters is 1. The summed E-state index contributed by atoms with van der Waals surface area (Å²) in [7, 11) is 0. The van der Waals surface area contributed by atoms with Crippen molar-refractivity contribution in [1.29, 1.82) is 0 Å². The quantitative estimate of drug-likeness (QED) is 0.653. The van der Waals surface area contributed by atoms with Crippen molar-refractivity contribution >= 4 is 11.8 Å². The van der Waals surface area contributed by atoms with Gasteiger partial charge in [0.25, 0.3) is 0 Å². The molecule has 7 aliphatic rings. The third-order valence-electron chi connectivity index (χ3n) is 11.0. The number of aliphatic hydroxyl groups is 1. The van der Waals surface area contributed by atoms with E-state index in [0.29, 0.717) is 47.8 Å². The molecule has 6 fully saturated rings. The maximum Gasteiger partial charge on any atom is 0.306 e. The minimum Gasteiger partial charge on any atom is -0.458 e. The van der Waals surface area contributed by atoms with Gasteiger partial charge in [-0.05, 0) is 73.7 Å². The summed E-state index contributed by atoms with van der Waals surface area (Å²) in [5, 5.41) is 11.1. The van der Waals surface area contributed by atoms with E-state index in [1.807, 2.05) is 6.08 Å². The second-order valence-corrected chi connectivity index (χ2v) is 11.6. The fraction of sp³-hybridized carbons (Fsp3) is 0.833. The normalized spacial score (nSPS) is 62.9. The monoisotopic (exact) mass is 382 g/mol. The largest absolute Gasteiger partial charge is 0.458 e. The number of aliphatic hydroxyl groups excluding tert-OH is 1. The van der Waals surface area contributed by atoms with E-state index in [0.717, 1.165) is 19.3 Å². The van der Waals surface area contributed by atoms with Crippen LogP contribution in [-0.2, 0) is 14.3 Å². The molecule has 5 saturated carbocycles. The van der Waals surface area contributed by atoms with Crippen molar-refractivity contribution in [3.05, 3.63) is 11.6 Å². The van der Waals surface area contributed by atoms with Gasteiger partial charge in [-0.15, -0.1) is 0 Å². The molecule has 0 aromatic rings. The first-order valence-corrected chi connectivity index (χ1v) is 11.5. The smallest absolute Gasteiger partial charge is 0.306 e. The molecule has 1 heterocycles. The molecular weight excluding hydrogens is 352 g/mol. The van der Waals surface area contributed by atoms with Crippen LogP contribution >= 0.6 is 0 Å². The molecule has 6 aliphatic carbocycles. The van der Waals surface area contributed by atoms with Gasteiger partial charge >= 0.3 is 5.97 Å². The van der Waals surface area contributed by atoms with Gasteiger partial charge in [0.15, 0.2) is 5.78 Å². The van der Waals surface area contributed by atoms with E-state index in [2.05, 4.69) is 13.8 Å². The van der Waals surface area contributed by atoms with Crippen LogP contribution in [0.3, 0.4) is 0 Å². The Labute approximate surface area is 166 Å². The van der Waals surface area contributed by atoms with Crippen LogP contribution < -0.4 is 0 Å². The molecular formula is C24H30O4. The van der Waals surface area contributed by atoms with Gasteiger partial charge in [-0.3, -0.25) is 9.59 Å². The van der Waals surface area contributed by atoms with E-state index in [9.17, 15) is 14.7 Å². The van der Waals surface area contributed by atoms with Crippen LogP contribution in [0.4, 0.5) is 0 Å². The lowest BCUT2D eigenvalue weighted by Gasteiger charge is -2.60. The summed E-state index contributed by atoms with van der Waals surface area (Å²) in [5.41, 5.74) is 0.948. The third kappa shape index (κ3) is 1.57. The summed E-state index contributed by atoms with van der Waals surface area (Å²) in [4.78, 5) is 24.4. The fourth-order valence-corrected chi connectivity index (χ4v) is 9.78. The summed E-state index contributed by atoms with van der Waals surface area (Å²) in [6.45, 7) is 4.69. The zero-order valence-electron chi connectivity index (χ0n) is 16.8. The number of hydrogen-bond donors (Lipinski definition) is 1. The fourth-order valence-electron chi connectivity index (χ4n) is 9.78. The Hall–Kier alpha value is -1.16. The number of hydrogen-bond acceptors (Lipinski definition) is 4. The predicted octanol–water partition coefficient (Wildman–Crippen LogP) is 3.28. The van der Waals surface area contributed by atoms with Gasteiger partial charge < -0.3 is 9.84 Å². The highest BCUT2D eigenvalue weighted by atomic mass is 16.6. The molecule has 150 valence electrons. The number of carbonyl (C=O) groups excluding carboxylic acids is 2. The summed E-state index contributed by atoms with van der Waals surface area (Å²) in [6.07, 6.45) is 7.80. The van der Waals surface area contributed by atoms with Gasteiger partial charge in [0.2, 0.25) is 0 Å². The molecule has 0 radical (unpaired) electrons. The third-order valence-corrected chi connectivity index (χ3v) is 11.0. The number of ether oxygens (including phenoxy) is 1. The van der Waals surface area contributed by atoms with Crippen molar-refractivity contribution < 1.29 is 19.4 Å². The van der Waals surface area contributed by atoms with Crippen molar-refractivity contribution in [2.45, 2.75) is 70.5 Å². The van der Waals surface area contributed by atoms with Crippen LogP contribution in [0.1, 0.15) is 58.8 Å². The second kappa shape index (κ2) is 4.61. The van der Waals surface area contributed by atoms with Crippen molar-refractivity contribution in [1.82, 2.24) is 0 Å². The molecule has 0 aromatic heterocycles. The minimum absolute atomic E-state index is 0.0148. The Morgan fingerprint density at radius 3 is 2.68 bits per heavy atom. The number of fused-ring (bicyclic) bond motifs is 12. The lowest BCUT2D eigenvalue weighted by atomic mass is 9.44. The average molecular weight is 383 g/mol. The zero-order valence-corrected chi connectivity index (χ0v) is 16.8. The van der Waals surface area contributed by atoms with Crippen molar-refractivity contribution in [3.63, 3.8) is 0 Å². The molecule has 1 N–H and O–H groups in total. The van der Waals surface area contributed by atoms with E-state index in [1.165, 1.54) is 18.4 Å². The van der Waals surface area contributed by atoms with Gasteiger partial charge in [0.1, 0.15) is 5.60 Å². The second-order valence-electron chi connectivity index (χ2n) is 11.6. The molecule has 1 aliphatic heterocycles. The van der Waals surface area contributed by atoms with Crippen molar-refractivity contribution in [3.8, 4) is 0 Å². The molecule has 7 rings (SSSR count). The van der Waals surface area contributed by atoms with Gasteiger partial charge in [-0.2, -0.15) is 0 Å². The standard InChI is InChI=1S/C24H30O4/c1-22-5-3-15-20(21(22)14-10-17(14)24(22)6-4-19(27)28-24)13-9-12(13)16-7-11(25)8-18(26)23(15,16)2/h7,12-15,17-18,20-21,26H,3-6,8-10H2,1-2H3/t12?,13?,14?,15?,17?,18?,20?,21?,22?,23?,24-/m0/s1. The Balaban J connectivity index is 1.34. The summed E-state index contributed by atoms with van der Waals surface area (Å²) in [6, 6.07) is 0. The Morgan fingerprint density at radius 1 is 1.11 bits per heavy atom. The average Bonchev–Trinajstić information content (AvgIpc) is 3.54. The minimum atomic E-state index is -0.534. The SMILES string of the molecule is CC12C(=CC(=O)CC1O)C1CC1C1C2CCC2(C)C1C1CC1[C@@]21CCC(=O)O1. The number of rotatable bonds is 0. The molecule has 1 spiro atoms. The van der Waals surface area contributed by atoms with E-state index >= 15 is 0 Å². The van der Waals surface area contributed by atoms with Gasteiger partial charge in [0, 0.05) is 29.6 Å². The van der Waals surface area contributed by atoms with E-state index in [1.54, 1.807) is 0 Å². The van der Waals surface area contributed by atoms with Crippen LogP contribution in [0.2, 0.25) is 0 Å². The van der Waals surface area contributed by atoms with Crippen molar-refractivity contribution in [2.75, 3.05) is 0 Å². The zero-order chi connectivity index (χ0) is 19.2. The van der Waals surface area contributed by atoms with Gasteiger partial charge in [-0.25, -0.2) is 0 Å². The van der Waals surface area contributed by atoms with E-state index in [4.69, 9.17) is 4.74 Å². The van der Waals surface area contributed by atoms with E-state index in [-0.39, 0.29) is 34.6 Å². The first kappa shape index (κ1) is 16.6. The molecule has 0 aromatic carbocycles. The van der Waals surface area contributed by atoms with Crippen LogP contribution in [0, 0.1) is 52.3 Å². The van der Waals surface area contributed by atoms with Crippen LogP contribution in [0.15, 0.2) is 11.6 Å². The Kier molecular flexibility index (Phi) is 2.73. The highest BCUT2D eigenvalue weighted by Crippen LogP contribution is 2.82. The molecule has 4 nitrogen and oxygen atoms in total. The lowest BCUT2D eigenvalue weighted by Crippen LogP contribution is -2.59. The predicted molar refractivity (Wildman–Crippen MR) is 101 cm³/mol. The van der Waals surface area contributed by atoms with Crippen LogP contribution in [-0.4, -0.2) is 28.6 Å². The Bertz CT molecular complexity index is 861. The number of carbonyl (C=O) groups is 2. The molecule has 4 heteroatoms. The first-order chi connectivity index (χ1) is 13.3.